The first kappa shape index (κ1) is 12.4. The minimum absolute atomic E-state index is 0.0914. The van der Waals surface area contributed by atoms with E-state index in [1.165, 1.54) is 0 Å². The van der Waals surface area contributed by atoms with Crippen LogP contribution in [-0.2, 0) is 11.2 Å². The number of amides is 1. The van der Waals surface area contributed by atoms with Gasteiger partial charge in [0.2, 0.25) is 5.91 Å². The smallest absolute Gasteiger partial charge is 0.228 e. The van der Waals surface area contributed by atoms with Crippen LogP contribution in [-0.4, -0.2) is 28.8 Å². The molecule has 7 heteroatoms. The van der Waals surface area contributed by atoms with E-state index in [2.05, 4.69) is 15.3 Å². The molecule has 2 unspecified atom stereocenters. The molecule has 2 rings (SSSR count). The summed E-state index contributed by atoms with van der Waals surface area (Å²) in [7, 11) is 0. The summed E-state index contributed by atoms with van der Waals surface area (Å²) in [5, 5.41) is 25.3. The molecule has 0 saturated heterocycles. The van der Waals surface area contributed by atoms with Gasteiger partial charge in [-0.25, -0.2) is 0 Å². The van der Waals surface area contributed by atoms with Crippen molar-refractivity contribution in [2.24, 2.45) is 5.11 Å². The quantitative estimate of drug-likeness (QED) is 0.417. The van der Waals surface area contributed by atoms with Gasteiger partial charge in [-0.05, 0) is 22.7 Å². The lowest BCUT2D eigenvalue weighted by atomic mass is 10.0. The van der Waals surface area contributed by atoms with Crippen LogP contribution in [0.1, 0.15) is 17.2 Å². The molecule has 1 aromatic rings. The molecular weight excluding hydrogens is 236 g/mol. The lowest BCUT2D eigenvalue weighted by Crippen LogP contribution is -2.21. The second-order valence-electron chi connectivity index (χ2n) is 4.07. The highest BCUT2D eigenvalue weighted by atomic mass is 16.3. The van der Waals surface area contributed by atoms with Gasteiger partial charge in [0.25, 0.3) is 0 Å². The third kappa shape index (κ3) is 2.43. The van der Waals surface area contributed by atoms with Gasteiger partial charge in [-0.3, -0.25) is 4.79 Å². The summed E-state index contributed by atoms with van der Waals surface area (Å²) in [5.41, 5.74) is 10.1. The lowest BCUT2D eigenvalue weighted by molar-refractivity contribution is -0.115. The highest BCUT2D eigenvalue weighted by Gasteiger charge is 2.22. The fraction of sp³-hybridized carbons (Fsp3) is 0.364. The SMILES string of the molecule is [N-]=[N+]=NCC(O)C(O)c1ccc2c(c1)NC(=O)C2. The van der Waals surface area contributed by atoms with Gasteiger partial charge in [-0.15, -0.1) is 0 Å². The van der Waals surface area contributed by atoms with Crippen molar-refractivity contribution in [1.82, 2.24) is 0 Å². The average Bonchev–Trinajstić information content (AvgIpc) is 2.73. The third-order valence-electron chi connectivity index (χ3n) is 2.80. The maximum absolute atomic E-state index is 11.2. The summed E-state index contributed by atoms with van der Waals surface area (Å²) in [6, 6.07) is 4.99. The molecule has 0 aliphatic carbocycles. The highest BCUT2D eigenvalue weighted by molar-refractivity contribution is 5.99. The number of hydrogen-bond donors (Lipinski definition) is 3. The van der Waals surface area contributed by atoms with E-state index >= 15 is 0 Å². The number of carbonyl (C=O) groups is 1. The standard InChI is InChI=1S/C11H12N4O3/c12-15-13-5-9(16)11(18)7-2-1-6-4-10(17)14-8(6)3-7/h1-3,9,11,16,18H,4-5H2,(H,14,17). The van der Waals surface area contributed by atoms with Gasteiger partial charge < -0.3 is 15.5 Å². The Hall–Kier alpha value is -2.08. The predicted octanol–water partition coefficient (Wildman–Crippen LogP) is 0.886. The lowest BCUT2D eigenvalue weighted by Gasteiger charge is -2.16. The number of nitrogens with zero attached hydrogens (tertiary/aromatic N) is 3. The van der Waals surface area contributed by atoms with Crippen LogP contribution >= 0.6 is 0 Å². The minimum atomic E-state index is -1.17. The monoisotopic (exact) mass is 248 g/mol. The van der Waals surface area contributed by atoms with Gasteiger partial charge in [0.15, 0.2) is 0 Å². The van der Waals surface area contributed by atoms with Crippen molar-refractivity contribution >= 4 is 11.6 Å². The van der Waals surface area contributed by atoms with Crippen LogP contribution in [0.25, 0.3) is 10.4 Å². The molecule has 0 aromatic heterocycles. The molecule has 1 aliphatic heterocycles. The summed E-state index contributed by atoms with van der Waals surface area (Å²) < 4.78 is 0. The Balaban J connectivity index is 2.17. The molecule has 94 valence electrons. The molecular formula is C11H12N4O3. The van der Waals surface area contributed by atoms with E-state index in [0.717, 1.165) is 5.56 Å². The van der Waals surface area contributed by atoms with Crippen molar-refractivity contribution in [1.29, 1.82) is 0 Å². The van der Waals surface area contributed by atoms with E-state index in [1.807, 2.05) is 0 Å². The second-order valence-corrected chi connectivity index (χ2v) is 4.07. The largest absolute Gasteiger partial charge is 0.390 e. The van der Waals surface area contributed by atoms with Crippen LogP contribution in [0.4, 0.5) is 5.69 Å². The molecule has 1 aromatic carbocycles. The first-order valence-corrected chi connectivity index (χ1v) is 5.41. The van der Waals surface area contributed by atoms with Gasteiger partial charge in [-0.1, -0.05) is 17.2 Å². The number of anilines is 1. The van der Waals surface area contributed by atoms with Crippen LogP contribution in [0, 0.1) is 0 Å². The van der Waals surface area contributed by atoms with Gasteiger partial charge in [0.1, 0.15) is 6.10 Å². The number of aliphatic hydroxyl groups is 2. The number of rotatable bonds is 4. The molecule has 18 heavy (non-hydrogen) atoms. The Labute approximate surface area is 103 Å². The molecule has 0 bridgehead atoms. The number of carbonyl (C=O) groups excluding carboxylic acids is 1. The van der Waals surface area contributed by atoms with Crippen LogP contribution < -0.4 is 5.32 Å². The van der Waals surface area contributed by atoms with E-state index in [-0.39, 0.29) is 12.5 Å². The Morgan fingerprint density at radius 3 is 3.00 bits per heavy atom. The van der Waals surface area contributed by atoms with Crippen LogP contribution in [0.2, 0.25) is 0 Å². The average molecular weight is 248 g/mol. The Bertz CT molecular complexity index is 525. The van der Waals surface area contributed by atoms with Gasteiger partial charge in [0.05, 0.1) is 19.1 Å². The van der Waals surface area contributed by atoms with Crippen LogP contribution in [0.3, 0.4) is 0 Å². The van der Waals surface area contributed by atoms with E-state index in [1.54, 1.807) is 18.2 Å². The molecule has 1 heterocycles. The van der Waals surface area contributed by atoms with Crippen molar-refractivity contribution < 1.29 is 15.0 Å². The molecule has 0 radical (unpaired) electrons. The molecule has 0 spiro atoms. The molecule has 1 aliphatic rings. The summed E-state index contributed by atoms with van der Waals surface area (Å²) in [6.45, 7) is -0.207. The van der Waals surface area contributed by atoms with Crippen molar-refractivity contribution in [3.05, 3.63) is 39.8 Å². The zero-order valence-corrected chi connectivity index (χ0v) is 9.45. The summed E-state index contributed by atoms with van der Waals surface area (Å²) in [6.07, 6.45) is -2.00. The number of aliphatic hydroxyl groups excluding tert-OH is 2. The zero-order chi connectivity index (χ0) is 13.1. The van der Waals surface area contributed by atoms with Crippen LogP contribution in [0.15, 0.2) is 23.3 Å². The summed E-state index contributed by atoms with van der Waals surface area (Å²) >= 11 is 0. The Morgan fingerprint density at radius 2 is 2.28 bits per heavy atom. The van der Waals surface area contributed by atoms with Crippen molar-refractivity contribution in [2.75, 3.05) is 11.9 Å². The fourth-order valence-electron chi connectivity index (χ4n) is 1.86. The number of hydrogen-bond acceptors (Lipinski definition) is 4. The van der Waals surface area contributed by atoms with E-state index < -0.39 is 12.2 Å². The van der Waals surface area contributed by atoms with Crippen LogP contribution in [0.5, 0.6) is 0 Å². The van der Waals surface area contributed by atoms with E-state index in [9.17, 15) is 15.0 Å². The highest BCUT2D eigenvalue weighted by Crippen LogP contribution is 2.27. The Morgan fingerprint density at radius 1 is 1.50 bits per heavy atom. The van der Waals surface area contributed by atoms with Crippen molar-refractivity contribution in [2.45, 2.75) is 18.6 Å². The molecule has 0 saturated carbocycles. The normalized spacial score (nSPS) is 16.4. The maximum atomic E-state index is 11.2. The molecule has 1 amide bonds. The number of nitrogens with one attached hydrogen (secondary N) is 1. The summed E-state index contributed by atoms with van der Waals surface area (Å²) in [5.74, 6) is -0.0914. The Kier molecular flexibility index (Phi) is 3.47. The van der Waals surface area contributed by atoms with E-state index in [0.29, 0.717) is 17.7 Å². The fourth-order valence-corrected chi connectivity index (χ4v) is 1.86. The van der Waals surface area contributed by atoms with E-state index in [4.69, 9.17) is 5.53 Å². The van der Waals surface area contributed by atoms with Gasteiger partial charge in [-0.2, -0.15) is 0 Å². The zero-order valence-electron chi connectivity index (χ0n) is 9.45. The molecule has 3 N–H and O–H groups in total. The number of fused-ring (bicyclic) bond motifs is 1. The molecule has 0 fully saturated rings. The first-order chi connectivity index (χ1) is 8.61. The third-order valence-corrected chi connectivity index (χ3v) is 2.80. The number of benzene rings is 1. The van der Waals surface area contributed by atoms with Crippen molar-refractivity contribution in [3.8, 4) is 0 Å². The first-order valence-electron chi connectivity index (χ1n) is 5.41. The van der Waals surface area contributed by atoms with Gasteiger partial charge >= 0.3 is 0 Å². The maximum Gasteiger partial charge on any atom is 0.228 e. The molecule has 7 nitrogen and oxygen atoms in total. The van der Waals surface area contributed by atoms with Crippen molar-refractivity contribution in [3.63, 3.8) is 0 Å². The van der Waals surface area contributed by atoms with Gasteiger partial charge in [0, 0.05) is 10.6 Å². The second kappa shape index (κ2) is 5.05. The predicted molar refractivity (Wildman–Crippen MR) is 63.8 cm³/mol. The topological polar surface area (TPSA) is 118 Å². The summed E-state index contributed by atoms with van der Waals surface area (Å²) in [4.78, 5) is 13.7. The molecule has 2 atom stereocenters. The number of azide groups is 1. The minimum Gasteiger partial charge on any atom is -0.390 e.